The van der Waals surface area contributed by atoms with Crippen LogP contribution in [0, 0.1) is 23.3 Å². The number of halogens is 4. The van der Waals surface area contributed by atoms with Gasteiger partial charge in [-0.2, -0.15) is 0 Å². The highest BCUT2D eigenvalue weighted by atomic mass is 19.2. The average Bonchev–Trinajstić information content (AvgIpc) is 2.45. The zero-order valence-electron chi connectivity index (χ0n) is 10.6. The summed E-state index contributed by atoms with van der Waals surface area (Å²) in [4.78, 5) is 7.47. The first-order chi connectivity index (χ1) is 9.54. The predicted molar refractivity (Wildman–Crippen MR) is 66.1 cm³/mol. The lowest BCUT2D eigenvalue weighted by Gasteiger charge is -2.08. The fourth-order valence-electron chi connectivity index (χ4n) is 1.59. The molecule has 1 N–H and O–H groups in total. The van der Waals surface area contributed by atoms with E-state index < -0.39 is 34.5 Å². The predicted octanol–water partition coefficient (Wildman–Crippen LogP) is 3.52. The van der Waals surface area contributed by atoms with E-state index in [0.29, 0.717) is 12.6 Å². The summed E-state index contributed by atoms with van der Waals surface area (Å²) in [5.74, 6) is -5.32. The van der Waals surface area contributed by atoms with Gasteiger partial charge in [-0.1, -0.05) is 6.92 Å². The fraction of sp³-hybridized carbons (Fsp3) is 0.231. The second kappa shape index (κ2) is 5.85. The first-order valence-corrected chi connectivity index (χ1v) is 5.94. The number of benzene rings is 1. The van der Waals surface area contributed by atoms with Crippen molar-refractivity contribution in [1.29, 1.82) is 0 Å². The van der Waals surface area contributed by atoms with Crippen molar-refractivity contribution in [3.05, 3.63) is 41.6 Å². The average molecular weight is 285 g/mol. The number of hydrogen-bond donors (Lipinski definition) is 1. The van der Waals surface area contributed by atoms with Gasteiger partial charge < -0.3 is 5.32 Å². The molecule has 0 saturated carbocycles. The van der Waals surface area contributed by atoms with Gasteiger partial charge >= 0.3 is 0 Å². The van der Waals surface area contributed by atoms with E-state index in [2.05, 4.69) is 15.3 Å². The molecule has 0 fully saturated rings. The smallest absolute Gasteiger partial charge is 0.223 e. The molecule has 0 aliphatic heterocycles. The van der Waals surface area contributed by atoms with Crippen molar-refractivity contribution in [3.8, 4) is 11.3 Å². The SMILES string of the molecule is CCCNc1ncc(F)c(-c2ccc(F)c(F)c2F)n1. The molecule has 0 unspecified atom stereocenters. The first-order valence-electron chi connectivity index (χ1n) is 5.94. The van der Waals surface area contributed by atoms with Gasteiger partial charge in [0.15, 0.2) is 23.3 Å². The molecular weight excluding hydrogens is 274 g/mol. The Bertz CT molecular complexity index is 631. The highest BCUT2D eigenvalue weighted by Crippen LogP contribution is 2.26. The van der Waals surface area contributed by atoms with E-state index in [9.17, 15) is 17.6 Å². The Labute approximate surface area is 112 Å². The fourth-order valence-corrected chi connectivity index (χ4v) is 1.59. The Kier molecular flexibility index (Phi) is 4.16. The Hall–Kier alpha value is -2.18. The Balaban J connectivity index is 2.49. The van der Waals surface area contributed by atoms with Gasteiger partial charge in [-0.25, -0.2) is 27.5 Å². The minimum absolute atomic E-state index is 0.0902. The molecule has 3 nitrogen and oxygen atoms in total. The van der Waals surface area contributed by atoms with Crippen LogP contribution in [0.15, 0.2) is 18.3 Å². The molecule has 0 spiro atoms. The summed E-state index contributed by atoms with van der Waals surface area (Å²) in [6, 6.07) is 1.65. The lowest BCUT2D eigenvalue weighted by atomic mass is 10.1. The maximum absolute atomic E-state index is 13.7. The van der Waals surface area contributed by atoms with Crippen molar-refractivity contribution in [2.24, 2.45) is 0 Å². The minimum Gasteiger partial charge on any atom is -0.354 e. The van der Waals surface area contributed by atoms with Crippen molar-refractivity contribution in [3.63, 3.8) is 0 Å². The van der Waals surface area contributed by atoms with Crippen LogP contribution in [0.2, 0.25) is 0 Å². The van der Waals surface area contributed by atoms with Crippen LogP contribution in [0.1, 0.15) is 13.3 Å². The third kappa shape index (κ3) is 2.71. The molecule has 20 heavy (non-hydrogen) atoms. The van der Waals surface area contributed by atoms with Crippen molar-refractivity contribution < 1.29 is 17.6 Å². The molecule has 0 radical (unpaired) electrons. The molecule has 0 aliphatic rings. The van der Waals surface area contributed by atoms with Crippen LogP contribution in [0.5, 0.6) is 0 Å². The van der Waals surface area contributed by atoms with Crippen LogP contribution in [0.3, 0.4) is 0 Å². The molecule has 7 heteroatoms. The summed E-state index contributed by atoms with van der Waals surface area (Å²) >= 11 is 0. The standard InChI is InChI=1S/C13H11F4N3/c1-2-5-18-13-19-6-9(15)12(20-13)7-3-4-8(14)11(17)10(7)16/h3-4,6H,2,5H2,1H3,(H,18,19,20). The van der Waals surface area contributed by atoms with Gasteiger partial charge in [0.25, 0.3) is 0 Å². The van der Waals surface area contributed by atoms with Crippen molar-refractivity contribution in [2.75, 3.05) is 11.9 Å². The van der Waals surface area contributed by atoms with E-state index in [-0.39, 0.29) is 5.95 Å². The van der Waals surface area contributed by atoms with Crippen molar-refractivity contribution in [2.45, 2.75) is 13.3 Å². The molecular formula is C13H11F4N3. The molecule has 1 aromatic heterocycles. The minimum atomic E-state index is -1.66. The Morgan fingerprint density at radius 2 is 1.80 bits per heavy atom. The molecule has 0 bridgehead atoms. The highest BCUT2D eigenvalue weighted by Gasteiger charge is 2.19. The van der Waals surface area contributed by atoms with E-state index in [0.717, 1.165) is 18.7 Å². The zero-order chi connectivity index (χ0) is 14.7. The van der Waals surface area contributed by atoms with E-state index in [1.807, 2.05) is 6.92 Å². The van der Waals surface area contributed by atoms with E-state index in [4.69, 9.17) is 0 Å². The van der Waals surface area contributed by atoms with Crippen molar-refractivity contribution in [1.82, 2.24) is 9.97 Å². The molecule has 0 saturated heterocycles. The second-order valence-corrected chi connectivity index (χ2v) is 4.04. The van der Waals surface area contributed by atoms with Crippen LogP contribution in [0.25, 0.3) is 11.3 Å². The third-order valence-corrected chi connectivity index (χ3v) is 2.57. The topological polar surface area (TPSA) is 37.8 Å². The maximum atomic E-state index is 13.7. The molecule has 0 atom stereocenters. The van der Waals surface area contributed by atoms with Crippen LogP contribution in [0.4, 0.5) is 23.5 Å². The number of anilines is 1. The van der Waals surface area contributed by atoms with Crippen LogP contribution in [-0.2, 0) is 0 Å². The van der Waals surface area contributed by atoms with E-state index in [1.165, 1.54) is 0 Å². The quantitative estimate of drug-likeness (QED) is 0.690. The lowest BCUT2D eigenvalue weighted by molar-refractivity contribution is 0.448. The van der Waals surface area contributed by atoms with Crippen molar-refractivity contribution >= 4 is 5.95 Å². The summed E-state index contributed by atoms with van der Waals surface area (Å²) in [5.41, 5.74) is -0.877. The number of nitrogens with zero attached hydrogens (tertiary/aromatic N) is 2. The number of aromatic nitrogens is 2. The molecule has 0 amide bonds. The maximum Gasteiger partial charge on any atom is 0.223 e. The van der Waals surface area contributed by atoms with Gasteiger partial charge in [0.1, 0.15) is 5.69 Å². The van der Waals surface area contributed by atoms with Gasteiger partial charge in [-0.15, -0.1) is 0 Å². The van der Waals surface area contributed by atoms with Crippen LogP contribution >= 0.6 is 0 Å². The summed E-state index contributed by atoms with van der Waals surface area (Å²) < 4.78 is 53.4. The summed E-state index contributed by atoms with van der Waals surface area (Å²) in [5, 5.41) is 2.80. The van der Waals surface area contributed by atoms with E-state index >= 15 is 0 Å². The van der Waals surface area contributed by atoms with Gasteiger partial charge in [0.05, 0.1) is 6.20 Å². The van der Waals surface area contributed by atoms with Gasteiger partial charge in [-0.3, -0.25) is 0 Å². The van der Waals surface area contributed by atoms with Crippen LogP contribution < -0.4 is 5.32 Å². The van der Waals surface area contributed by atoms with Gasteiger partial charge in [-0.05, 0) is 18.6 Å². The Morgan fingerprint density at radius 3 is 2.50 bits per heavy atom. The monoisotopic (exact) mass is 285 g/mol. The van der Waals surface area contributed by atoms with Gasteiger partial charge in [0, 0.05) is 12.1 Å². The first kappa shape index (κ1) is 14.2. The Morgan fingerprint density at radius 1 is 1.05 bits per heavy atom. The number of nitrogens with one attached hydrogen (secondary N) is 1. The highest BCUT2D eigenvalue weighted by molar-refractivity contribution is 5.61. The summed E-state index contributed by atoms with van der Waals surface area (Å²) in [7, 11) is 0. The third-order valence-electron chi connectivity index (χ3n) is 2.57. The molecule has 0 aliphatic carbocycles. The van der Waals surface area contributed by atoms with E-state index in [1.54, 1.807) is 0 Å². The molecule has 2 aromatic rings. The largest absolute Gasteiger partial charge is 0.354 e. The normalized spacial score (nSPS) is 10.7. The second-order valence-electron chi connectivity index (χ2n) is 4.04. The van der Waals surface area contributed by atoms with Crippen LogP contribution in [-0.4, -0.2) is 16.5 Å². The summed E-state index contributed by atoms with van der Waals surface area (Å²) in [6.45, 7) is 2.46. The number of hydrogen-bond acceptors (Lipinski definition) is 3. The van der Waals surface area contributed by atoms with Gasteiger partial charge in [0.2, 0.25) is 5.95 Å². The molecule has 1 aromatic carbocycles. The molecule has 1 heterocycles. The lowest BCUT2D eigenvalue weighted by Crippen LogP contribution is -2.06. The zero-order valence-corrected chi connectivity index (χ0v) is 10.6. The molecule has 2 rings (SSSR count). The number of rotatable bonds is 4. The molecule has 106 valence electrons. The summed E-state index contributed by atoms with van der Waals surface area (Å²) in [6.07, 6.45) is 1.64.